The van der Waals surface area contributed by atoms with E-state index in [9.17, 15) is 10.1 Å². The van der Waals surface area contributed by atoms with Crippen molar-refractivity contribution in [3.8, 4) is 6.07 Å². The van der Waals surface area contributed by atoms with Crippen LogP contribution in [0.2, 0.25) is 0 Å². The van der Waals surface area contributed by atoms with Crippen LogP contribution in [-0.2, 0) is 14.3 Å². The molecule has 3 aliphatic carbocycles. The van der Waals surface area contributed by atoms with Gasteiger partial charge in [0.05, 0.1) is 12.0 Å². The highest BCUT2D eigenvalue weighted by Crippen LogP contribution is 2.52. The number of fused-ring (bicyclic) bond motifs is 2. The molecule has 1 aromatic rings. The van der Waals surface area contributed by atoms with Gasteiger partial charge in [-0.3, -0.25) is 4.79 Å². The number of nitrogens with zero attached hydrogens (tertiary/aromatic N) is 1. The second kappa shape index (κ2) is 5.10. The van der Waals surface area contributed by atoms with Gasteiger partial charge in [-0.15, -0.1) is 0 Å². The lowest BCUT2D eigenvalue weighted by Gasteiger charge is -2.49. The molecule has 0 N–H and O–H groups in total. The molecule has 4 rings (SSSR count). The van der Waals surface area contributed by atoms with Gasteiger partial charge in [-0.1, -0.05) is 36.4 Å². The number of ether oxygens (including phenoxy) is 2. The summed E-state index contributed by atoms with van der Waals surface area (Å²) in [5, 5.41) is 9.34. The Balaban J connectivity index is 2.07. The van der Waals surface area contributed by atoms with Crippen LogP contribution in [0.25, 0.3) is 0 Å². The molecule has 0 spiro atoms. The Morgan fingerprint density at radius 2 is 1.90 bits per heavy atom. The molecule has 3 aliphatic rings. The van der Waals surface area contributed by atoms with Crippen LogP contribution in [0.3, 0.4) is 0 Å². The normalized spacial score (nSPS) is 29.9. The van der Waals surface area contributed by atoms with E-state index in [1.165, 1.54) is 14.2 Å². The molecule has 108 valence electrons. The largest absolute Gasteiger partial charge is 0.346 e. The van der Waals surface area contributed by atoms with E-state index in [1.54, 1.807) is 6.08 Å². The average Bonchev–Trinajstić information content (AvgIpc) is 2.56. The van der Waals surface area contributed by atoms with Gasteiger partial charge in [0.1, 0.15) is 0 Å². The average molecular weight is 283 g/mol. The Hall–Kier alpha value is -1.96. The first-order chi connectivity index (χ1) is 10.2. The van der Waals surface area contributed by atoms with Gasteiger partial charge >= 0.3 is 0 Å². The van der Waals surface area contributed by atoms with Crippen molar-refractivity contribution in [1.29, 1.82) is 5.26 Å². The highest BCUT2D eigenvalue weighted by molar-refractivity contribution is 5.94. The van der Waals surface area contributed by atoms with E-state index < -0.39 is 5.79 Å². The standard InChI is InChI=1S/C17H17NO3/c1-20-17(21-2)15-9-13(11-6-4-3-5-7-11)14(16(17)19)8-12(15)10-18/h3-8,13-15H,9H2,1-2H3/t13-,14-,15+/m1/s1. The molecule has 21 heavy (non-hydrogen) atoms. The van der Waals surface area contributed by atoms with Crippen molar-refractivity contribution in [3.05, 3.63) is 47.5 Å². The summed E-state index contributed by atoms with van der Waals surface area (Å²) in [5.41, 5.74) is 1.71. The lowest BCUT2D eigenvalue weighted by atomic mass is 9.60. The van der Waals surface area contributed by atoms with Crippen molar-refractivity contribution in [1.82, 2.24) is 0 Å². The highest BCUT2D eigenvalue weighted by atomic mass is 16.7. The van der Waals surface area contributed by atoms with E-state index in [0.717, 1.165) is 5.56 Å². The van der Waals surface area contributed by atoms with Gasteiger partial charge in [-0.2, -0.15) is 5.26 Å². The number of rotatable bonds is 3. The summed E-state index contributed by atoms with van der Waals surface area (Å²) >= 11 is 0. The number of allylic oxidation sites excluding steroid dienone is 1. The number of benzene rings is 1. The number of hydrogen-bond donors (Lipinski definition) is 0. The third-order valence-corrected chi connectivity index (χ3v) is 4.73. The van der Waals surface area contributed by atoms with Crippen LogP contribution < -0.4 is 0 Å². The van der Waals surface area contributed by atoms with E-state index in [-0.39, 0.29) is 23.5 Å². The minimum Gasteiger partial charge on any atom is -0.346 e. The van der Waals surface area contributed by atoms with Crippen LogP contribution >= 0.6 is 0 Å². The number of carbonyl (C=O) groups excluding carboxylic acids is 1. The Bertz CT molecular complexity index is 625. The molecular formula is C17H17NO3. The van der Waals surface area contributed by atoms with Crippen LogP contribution in [0.5, 0.6) is 0 Å². The molecule has 0 aromatic heterocycles. The van der Waals surface area contributed by atoms with Crippen molar-refractivity contribution in [2.45, 2.75) is 18.1 Å². The van der Waals surface area contributed by atoms with Gasteiger partial charge in [0.2, 0.25) is 5.79 Å². The van der Waals surface area contributed by atoms with Crippen LogP contribution in [0.4, 0.5) is 0 Å². The number of Topliss-reactive ketones (excluding diaryl/α,β-unsaturated/α-hetero) is 1. The Labute approximate surface area is 124 Å². The molecule has 0 unspecified atom stereocenters. The van der Waals surface area contributed by atoms with Crippen LogP contribution in [0, 0.1) is 23.2 Å². The van der Waals surface area contributed by atoms with E-state index in [1.807, 2.05) is 30.3 Å². The van der Waals surface area contributed by atoms with E-state index in [4.69, 9.17) is 9.47 Å². The molecule has 3 atom stereocenters. The van der Waals surface area contributed by atoms with Gasteiger partial charge in [-0.25, -0.2) is 0 Å². The Morgan fingerprint density at radius 3 is 2.48 bits per heavy atom. The molecular weight excluding hydrogens is 266 g/mol. The fraction of sp³-hybridized carbons (Fsp3) is 0.412. The van der Waals surface area contributed by atoms with Crippen molar-refractivity contribution in [2.75, 3.05) is 14.2 Å². The predicted octanol–water partition coefficient (Wildman–Crippen LogP) is 2.43. The molecule has 0 saturated heterocycles. The second-order valence-corrected chi connectivity index (χ2v) is 5.51. The molecule has 2 bridgehead atoms. The smallest absolute Gasteiger partial charge is 0.236 e. The van der Waals surface area contributed by atoms with Crippen molar-refractivity contribution in [2.24, 2.45) is 11.8 Å². The van der Waals surface area contributed by atoms with Crippen molar-refractivity contribution < 1.29 is 14.3 Å². The summed E-state index contributed by atoms with van der Waals surface area (Å²) in [6.45, 7) is 0. The molecule has 1 fully saturated rings. The fourth-order valence-electron chi connectivity index (χ4n) is 3.70. The van der Waals surface area contributed by atoms with Crippen LogP contribution in [-0.4, -0.2) is 25.8 Å². The maximum Gasteiger partial charge on any atom is 0.236 e. The SMILES string of the molecule is COC1(OC)C(=O)[C@@H]2C=C(C#N)[C@@H]1C[C@@H]2c1ccccc1. The minimum absolute atomic E-state index is 0.0826. The molecule has 0 aliphatic heterocycles. The summed E-state index contributed by atoms with van der Waals surface area (Å²) in [4.78, 5) is 12.8. The third kappa shape index (κ3) is 1.85. The second-order valence-electron chi connectivity index (χ2n) is 5.51. The molecule has 0 amide bonds. The van der Waals surface area contributed by atoms with Gasteiger partial charge in [0.25, 0.3) is 0 Å². The van der Waals surface area contributed by atoms with Crippen molar-refractivity contribution >= 4 is 5.78 Å². The lowest BCUT2D eigenvalue weighted by molar-refractivity contribution is -0.238. The lowest BCUT2D eigenvalue weighted by Crippen LogP contribution is -2.59. The van der Waals surface area contributed by atoms with Crippen LogP contribution in [0.15, 0.2) is 42.0 Å². The third-order valence-electron chi connectivity index (χ3n) is 4.73. The number of methoxy groups -OCH3 is 2. The van der Waals surface area contributed by atoms with Gasteiger partial charge in [-0.05, 0) is 17.9 Å². The predicted molar refractivity (Wildman–Crippen MR) is 76.2 cm³/mol. The maximum atomic E-state index is 12.8. The number of ketones is 1. The molecule has 0 radical (unpaired) electrons. The number of hydrogen-bond acceptors (Lipinski definition) is 4. The molecule has 1 saturated carbocycles. The summed E-state index contributed by atoms with van der Waals surface area (Å²) < 4.78 is 10.9. The minimum atomic E-state index is -1.31. The van der Waals surface area contributed by atoms with E-state index >= 15 is 0 Å². The quantitative estimate of drug-likeness (QED) is 0.799. The number of carbonyl (C=O) groups is 1. The first-order valence-electron chi connectivity index (χ1n) is 6.99. The Morgan fingerprint density at radius 1 is 1.24 bits per heavy atom. The summed E-state index contributed by atoms with van der Waals surface area (Å²) in [6, 6.07) is 12.1. The molecule has 4 heteroatoms. The number of nitriles is 1. The summed E-state index contributed by atoms with van der Waals surface area (Å²) in [6.07, 6.45) is 2.48. The molecule has 0 heterocycles. The zero-order valence-electron chi connectivity index (χ0n) is 12.1. The topological polar surface area (TPSA) is 59.3 Å². The van der Waals surface area contributed by atoms with Gasteiger partial charge < -0.3 is 9.47 Å². The first-order valence-corrected chi connectivity index (χ1v) is 6.99. The summed E-state index contributed by atoms with van der Waals surface area (Å²) in [7, 11) is 2.93. The zero-order valence-corrected chi connectivity index (χ0v) is 12.1. The molecule has 1 aromatic carbocycles. The monoisotopic (exact) mass is 283 g/mol. The first kappa shape index (κ1) is 14.0. The van der Waals surface area contributed by atoms with Gasteiger partial charge in [0.15, 0.2) is 5.78 Å². The highest BCUT2D eigenvalue weighted by Gasteiger charge is 2.60. The fourth-order valence-corrected chi connectivity index (χ4v) is 3.70. The zero-order chi connectivity index (χ0) is 15.0. The maximum absolute atomic E-state index is 12.8. The van der Waals surface area contributed by atoms with E-state index in [0.29, 0.717) is 12.0 Å². The molecule has 4 nitrogen and oxygen atoms in total. The van der Waals surface area contributed by atoms with Crippen molar-refractivity contribution in [3.63, 3.8) is 0 Å². The van der Waals surface area contributed by atoms with Crippen LogP contribution in [0.1, 0.15) is 17.9 Å². The van der Waals surface area contributed by atoms with Gasteiger partial charge in [0, 0.05) is 25.7 Å². The summed E-state index contributed by atoms with van der Waals surface area (Å²) in [5.74, 6) is -2.03. The van der Waals surface area contributed by atoms with E-state index in [2.05, 4.69) is 6.07 Å². The Kier molecular flexibility index (Phi) is 3.40.